The van der Waals surface area contributed by atoms with Gasteiger partial charge in [0.15, 0.2) is 5.65 Å². The first-order chi connectivity index (χ1) is 13.3. The Morgan fingerprint density at radius 3 is 2.81 bits per heavy atom. The fourth-order valence-electron chi connectivity index (χ4n) is 3.31. The van der Waals surface area contributed by atoms with Crippen LogP contribution in [0, 0.1) is 0 Å². The van der Waals surface area contributed by atoms with Crippen molar-refractivity contribution < 1.29 is 0 Å². The SMILES string of the molecule is O=c1cnc2ncccc2n1Cc1cccc(-c2ccc3cn[nH]c3c2)c1. The van der Waals surface area contributed by atoms with Crippen LogP contribution in [-0.4, -0.2) is 24.7 Å². The molecule has 0 spiro atoms. The van der Waals surface area contributed by atoms with Crippen LogP contribution in [0.3, 0.4) is 0 Å². The average Bonchev–Trinajstić information content (AvgIpc) is 3.18. The van der Waals surface area contributed by atoms with Crippen LogP contribution in [0.25, 0.3) is 33.2 Å². The molecule has 0 amide bonds. The van der Waals surface area contributed by atoms with Crippen molar-refractivity contribution in [2.45, 2.75) is 6.54 Å². The van der Waals surface area contributed by atoms with Crippen molar-refractivity contribution in [2.24, 2.45) is 0 Å². The van der Waals surface area contributed by atoms with Gasteiger partial charge in [-0.05, 0) is 41.0 Å². The van der Waals surface area contributed by atoms with Gasteiger partial charge in [0.2, 0.25) is 0 Å². The van der Waals surface area contributed by atoms with Gasteiger partial charge in [-0.25, -0.2) is 9.97 Å². The van der Waals surface area contributed by atoms with Crippen molar-refractivity contribution in [3.05, 3.63) is 89.1 Å². The van der Waals surface area contributed by atoms with Crippen LogP contribution in [0.15, 0.2) is 78.0 Å². The van der Waals surface area contributed by atoms with Gasteiger partial charge in [0.1, 0.15) is 0 Å². The quantitative estimate of drug-likeness (QED) is 0.539. The molecule has 3 heterocycles. The van der Waals surface area contributed by atoms with E-state index in [-0.39, 0.29) is 5.56 Å². The van der Waals surface area contributed by atoms with Crippen LogP contribution in [0.2, 0.25) is 0 Å². The highest BCUT2D eigenvalue weighted by Gasteiger charge is 2.07. The predicted molar refractivity (Wildman–Crippen MR) is 104 cm³/mol. The second-order valence-corrected chi connectivity index (χ2v) is 6.40. The van der Waals surface area contributed by atoms with Crippen molar-refractivity contribution >= 4 is 22.1 Å². The second kappa shape index (κ2) is 6.17. The first-order valence-corrected chi connectivity index (χ1v) is 8.61. The lowest BCUT2D eigenvalue weighted by atomic mass is 10.0. The molecule has 3 aromatic heterocycles. The highest BCUT2D eigenvalue weighted by atomic mass is 16.1. The number of hydrogen-bond acceptors (Lipinski definition) is 4. The van der Waals surface area contributed by atoms with E-state index in [9.17, 15) is 4.79 Å². The Morgan fingerprint density at radius 2 is 1.85 bits per heavy atom. The zero-order valence-corrected chi connectivity index (χ0v) is 14.3. The summed E-state index contributed by atoms with van der Waals surface area (Å²) in [6.45, 7) is 0.462. The maximum absolute atomic E-state index is 12.4. The fourth-order valence-corrected chi connectivity index (χ4v) is 3.31. The highest BCUT2D eigenvalue weighted by Crippen LogP contribution is 2.24. The topological polar surface area (TPSA) is 76.5 Å². The summed E-state index contributed by atoms with van der Waals surface area (Å²) in [5, 5.41) is 8.16. The van der Waals surface area contributed by atoms with Crippen molar-refractivity contribution in [3.8, 4) is 11.1 Å². The summed E-state index contributed by atoms with van der Waals surface area (Å²) in [7, 11) is 0. The van der Waals surface area contributed by atoms with E-state index in [1.54, 1.807) is 10.8 Å². The number of hydrogen-bond donors (Lipinski definition) is 1. The fraction of sp³-hybridized carbons (Fsp3) is 0.0476. The maximum Gasteiger partial charge on any atom is 0.269 e. The van der Waals surface area contributed by atoms with Gasteiger partial charge in [-0.1, -0.05) is 30.3 Å². The van der Waals surface area contributed by atoms with E-state index in [0.29, 0.717) is 12.2 Å². The van der Waals surface area contributed by atoms with Gasteiger partial charge < -0.3 is 0 Å². The van der Waals surface area contributed by atoms with E-state index < -0.39 is 0 Å². The van der Waals surface area contributed by atoms with E-state index in [4.69, 9.17) is 0 Å². The zero-order chi connectivity index (χ0) is 18.2. The number of benzene rings is 2. The molecular formula is C21H15N5O. The molecule has 130 valence electrons. The molecule has 5 aromatic rings. The molecule has 0 unspecified atom stereocenters. The number of H-pyrrole nitrogens is 1. The molecule has 1 N–H and O–H groups in total. The first-order valence-electron chi connectivity index (χ1n) is 8.61. The summed E-state index contributed by atoms with van der Waals surface area (Å²) in [5.74, 6) is 0. The number of pyridine rings is 1. The van der Waals surface area contributed by atoms with E-state index >= 15 is 0 Å². The molecule has 0 aliphatic heterocycles. The molecule has 0 fully saturated rings. The summed E-state index contributed by atoms with van der Waals surface area (Å²) in [6.07, 6.45) is 4.81. The lowest BCUT2D eigenvalue weighted by Crippen LogP contribution is -2.21. The molecule has 5 rings (SSSR count). The van der Waals surface area contributed by atoms with Gasteiger partial charge in [-0.2, -0.15) is 5.10 Å². The minimum absolute atomic E-state index is 0.139. The van der Waals surface area contributed by atoms with E-state index in [1.807, 2.05) is 36.5 Å². The van der Waals surface area contributed by atoms with Crippen LogP contribution < -0.4 is 5.56 Å². The Bertz CT molecular complexity index is 1340. The molecule has 2 aromatic carbocycles. The maximum atomic E-state index is 12.4. The van der Waals surface area contributed by atoms with Gasteiger partial charge in [0, 0.05) is 11.6 Å². The molecular weight excluding hydrogens is 338 g/mol. The molecule has 0 atom stereocenters. The number of nitrogens with zero attached hydrogens (tertiary/aromatic N) is 4. The smallest absolute Gasteiger partial charge is 0.269 e. The molecule has 27 heavy (non-hydrogen) atoms. The lowest BCUT2D eigenvalue weighted by molar-refractivity contribution is 0.784. The van der Waals surface area contributed by atoms with Gasteiger partial charge in [-0.3, -0.25) is 14.5 Å². The van der Waals surface area contributed by atoms with E-state index in [1.165, 1.54) is 6.20 Å². The summed E-state index contributed by atoms with van der Waals surface area (Å²) in [6, 6.07) is 18.1. The molecule has 0 bridgehead atoms. The van der Waals surface area contributed by atoms with Crippen LogP contribution in [0.1, 0.15) is 5.56 Å². The standard InChI is InChI=1S/C21H15N5O/c27-20-12-23-21-19(5-2-8-22-21)26(20)13-14-3-1-4-15(9-14)16-6-7-17-11-24-25-18(17)10-16/h1-12H,13H2,(H,24,25). The van der Waals surface area contributed by atoms with Gasteiger partial charge in [0.05, 0.1) is 30.0 Å². The molecule has 0 radical (unpaired) electrons. The predicted octanol–water partition coefficient (Wildman–Crippen LogP) is 3.38. The normalized spacial score (nSPS) is 11.3. The Hall–Kier alpha value is -3.80. The van der Waals surface area contributed by atoms with Crippen molar-refractivity contribution in [1.29, 1.82) is 0 Å². The monoisotopic (exact) mass is 353 g/mol. The van der Waals surface area contributed by atoms with Crippen LogP contribution in [0.5, 0.6) is 0 Å². The van der Waals surface area contributed by atoms with Crippen molar-refractivity contribution in [1.82, 2.24) is 24.7 Å². The third kappa shape index (κ3) is 2.77. The third-order valence-corrected chi connectivity index (χ3v) is 4.66. The second-order valence-electron chi connectivity index (χ2n) is 6.40. The van der Waals surface area contributed by atoms with Crippen LogP contribution >= 0.6 is 0 Å². The van der Waals surface area contributed by atoms with Gasteiger partial charge in [0.25, 0.3) is 5.56 Å². The van der Waals surface area contributed by atoms with E-state index in [0.717, 1.165) is 33.1 Å². The summed E-state index contributed by atoms with van der Waals surface area (Å²) < 4.78 is 1.70. The zero-order valence-electron chi connectivity index (χ0n) is 14.3. The number of fused-ring (bicyclic) bond motifs is 2. The number of aromatic nitrogens is 5. The van der Waals surface area contributed by atoms with Crippen molar-refractivity contribution in [3.63, 3.8) is 0 Å². The van der Waals surface area contributed by atoms with Crippen LogP contribution in [-0.2, 0) is 6.54 Å². The Labute approximate surface area is 154 Å². The molecule has 0 aliphatic carbocycles. The largest absolute Gasteiger partial charge is 0.300 e. The van der Waals surface area contributed by atoms with E-state index in [2.05, 4.69) is 44.4 Å². The number of rotatable bonds is 3. The number of nitrogens with one attached hydrogen (secondary N) is 1. The van der Waals surface area contributed by atoms with Gasteiger partial charge in [-0.15, -0.1) is 0 Å². The molecule has 0 saturated heterocycles. The Balaban J connectivity index is 1.57. The average molecular weight is 353 g/mol. The van der Waals surface area contributed by atoms with Crippen molar-refractivity contribution in [2.75, 3.05) is 0 Å². The Kier molecular flexibility index (Phi) is 3.53. The molecule has 0 aliphatic rings. The molecule has 0 saturated carbocycles. The number of aromatic amines is 1. The third-order valence-electron chi connectivity index (χ3n) is 4.66. The highest BCUT2D eigenvalue weighted by molar-refractivity contribution is 5.83. The summed E-state index contributed by atoms with van der Waals surface area (Å²) in [4.78, 5) is 20.7. The first kappa shape index (κ1) is 15.5. The minimum Gasteiger partial charge on any atom is -0.300 e. The molecule has 6 nitrogen and oxygen atoms in total. The Morgan fingerprint density at radius 1 is 0.926 bits per heavy atom. The molecule has 6 heteroatoms. The van der Waals surface area contributed by atoms with Gasteiger partial charge >= 0.3 is 0 Å². The minimum atomic E-state index is -0.139. The summed E-state index contributed by atoms with van der Waals surface area (Å²) >= 11 is 0. The lowest BCUT2D eigenvalue weighted by Gasteiger charge is -2.10. The van der Waals surface area contributed by atoms with Crippen LogP contribution in [0.4, 0.5) is 0 Å². The summed E-state index contributed by atoms with van der Waals surface area (Å²) in [5.41, 5.74) is 5.39.